The lowest BCUT2D eigenvalue weighted by Crippen LogP contribution is -2.52. The Balaban J connectivity index is 1.54. The number of rotatable bonds is 4. The fourth-order valence-corrected chi connectivity index (χ4v) is 8.76. The average Bonchev–Trinajstić information content (AvgIpc) is 3.02. The van der Waals surface area contributed by atoms with Gasteiger partial charge >= 0.3 is 0 Å². The second kappa shape index (κ2) is 7.85. The summed E-state index contributed by atoms with van der Waals surface area (Å²) < 4.78 is 0. The summed E-state index contributed by atoms with van der Waals surface area (Å²) >= 11 is 0. The van der Waals surface area contributed by atoms with E-state index in [9.17, 15) is 5.11 Å². The van der Waals surface area contributed by atoms with Gasteiger partial charge in [0.25, 0.3) is 0 Å². The molecule has 1 nitrogen and oxygen atoms in total. The first-order valence-corrected chi connectivity index (χ1v) is 12.7. The molecule has 4 rings (SSSR count). The first-order chi connectivity index (χ1) is 13.7. The van der Waals surface area contributed by atoms with Crippen molar-refractivity contribution >= 4 is 0 Å². The number of aliphatic hydroxyl groups excluding tert-OH is 1. The summed E-state index contributed by atoms with van der Waals surface area (Å²) in [6.45, 7) is 14.6. The molecule has 9 unspecified atom stereocenters. The van der Waals surface area contributed by atoms with E-state index in [0.717, 1.165) is 30.1 Å². The number of fused-ring (bicyclic) bond motifs is 5. The van der Waals surface area contributed by atoms with Crippen molar-refractivity contribution in [3.8, 4) is 0 Å². The van der Waals surface area contributed by atoms with E-state index in [1.807, 2.05) is 5.57 Å². The van der Waals surface area contributed by atoms with Gasteiger partial charge in [-0.1, -0.05) is 51.0 Å². The second-order valence-corrected chi connectivity index (χ2v) is 12.2. The Morgan fingerprint density at radius 2 is 1.79 bits per heavy atom. The van der Waals surface area contributed by atoms with Crippen LogP contribution in [0.15, 0.2) is 23.3 Å². The van der Waals surface area contributed by atoms with Crippen LogP contribution in [0.25, 0.3) is 0 Å². The third-order valence-corrected chi connectivity index (χ3v) is 10.5. The second-order valence-electron chi connectivity index (χ2n) is 12.2. The minimum Gasteiger partial charge on any atom is -0.393 e. The van der Waals surface area contributed by atoms with Gasteiger partial charge in [0, 0.05) is 0 Å². The summed E-state index contributed by atoms with van der Waals surface area (Å²) in [7, 11) is 0. The van der Waals surface area contributed by atoms with Gasteiger partial charge in [-0.2, -0.15) is 0 Å². The molecule has 3 fully saturated rings. The third-order valence-electron chi connectivity index (χ3n) is 10.5. The molecule has 0 aromatic heterocycles. The van der Waals surface area contributed by atoms with Crippen molar-refractivity contribution in [2.75, 3.05) is 0 Å². The van der Waals surface area contributed by atoms with Gasteiger partial charge in [0.1, 0.15) is 0 Å². The van der Waals surface area contributed by atoms with Crippen LogP contribution in [0.2, 0.25) is 0 Å². The van der Waals surface area contributed by atoms with Gasteiger partial charge in [-0.25, -0.2) is 0 Å². The molecule has 0 heterocycles. The third kappa shape index (κ3) is 3.48. The largest absolute Gasteiger partial charge is 0.393 e. The number of allylic oxidation sites excluding steroid dienone is 4. The molecule has 9 atom stereocenters. The molecule has 29 heavy (non-hydrogen) atoms. The molecule has 0 saturated heterocycles. The first-order valence-electron chi connectivity index (χ1n) is 12.7. The molecule has 0 amide bonds. The maximum absolute atomic E-state index is 10.5. The van der Waals surface area contributed by atoms with Crippen molar-refractivity contribution in [2.24, 2.45) is 46.3 Å². The summed E-state index contributed by atoms with van der Waals surface area (Å²) in [5, 5.41) is 10.5. The van der Waals surface area contributed by atoms with Gasteiger partial charge in [0.15, 0.2) is 0 Å². The molecule has 0 radical (unpaired) electrons. The molecule has 0 aliphatic heterocycles. The van der Waals surface area contributed by atoms with Gasteiger partial charge in [-0.05, 0) is 118 Å². The van der Waals surface area contributed by atoms with Crippen LogP contribution in [0.4, 0.5) is 0 Å². The highest BCUT2D eigenvalue weighted by atomic mass is 16.3. The average molecular weight is 399 g/mol. The van der Waals surface area contributed by atoms with E-state index >= 15 is 0 Å². The predicted octanol–water partition coefficient (Wildman–Crippen LogP) is 7.55. The van der Waals surface area contributed by atoms with Crippen LogP contribution in [-0.2, 0) is 0 Å². The minimum atomic E-state index is -0.0746. The van der Waals surface area contributed by atoms with Gasteiger partial charge in [-0.15, -0.1) is 0 Å². The fraction of sp³-hybridized carbons (Fsp3) is 0.857. The highest BCUT2D eigenvalue weighted by Crippen LogP contribution is 2.67. The van der Waals surface area contributed by atoms with Gasteiger partial charge in [-0.3, -0.25) is 0 Å². The Bertz CT molecular complexity index is 670. The molecule has 4 aliphatic carbocycles. The Morgan fingerprint density at radius 1 is 1.10 bits per heavy atom. The Morgan fingerprint density at radius 3 is 2.52 bits per heavy atom. The van der Waals surface area contributed by atoms with Crippen molar-refractivity contribution in [1.29, 1.82) is 0 Å². The smallest absolute Gasteiger partial charge is 0.0568 e. The molecule has 0 spiro atoms. The summed E-state index contributed by atoms with van der Waals surface area (Å²) in [5.41, 5.74) is 4.28. The van der Waals surface area contributed by atoms with E-state index in [4.69, 9.17) is 0 Å². The van der Waals surface area contributed by atoms with Crippen LogP contribution in [0.1, 0.15) is 99.3 Å². The van der Waals surface area contributed by atoms with Crippen LogP contribution < -0.4 is 0 Å². The maximum atomic E-state index is 10.5. The van der Waals surface area contributed by atoms with E-state index in [0.29, 0.717) is 22.7 Å². The lowest BCUT2D eigenvalue weighted by atomic mass is 9.46. The topological polar surface area (TPSA) is 20.2 Å². The standard InChI is InChI=1S/C28H46O/c1-18(2)8-7-9-19(3)22-12-13-24-21-10-11-23-20(4)26(29)15-17-28(23,6)25(21)14-16-27(22,24)5/h8,10,19-20,22-26,29H,7,9,11-17H2,1-6H3. The zero-order valence-corrected chi connectivity index (χ0v) is 20.0. The molecular formula is C28H46O. The molecule has 164 valence electrons. The van der Waals surface area contributed by atoms with E-state index in [1.54, 1.807) is 0 Å². The van der Waals surface area contributed by atoms with Gasteiger partial charge in [0.2, 0.25) is 0 Å². The normalized spacial score (nSPS) is 47.5. The molecule has 1 heteroatoms. The quantitative estimate of drug-likeness (QED) is 0.484. The van der Waals surface area contributed by atoms with Crippen molar-refractivity contribution in [1.82, 2.24) is 0 Å². The Hall–Kier alpha value is -0.560. The molecule has 0 aromatic rings. The number of aliphatic hydroxyl groups is 1. The summed E-state index contributed by atoms with van der Waals surface area (Å²) in [4.78, 5) is 0. The Labute approximate surface area is 180 Å². The molecule has 4 aliphatic rings. The summed E-state index contributed by atoms with van der Waals surface area (Å²) in [6, 6.07) is 0. The van der Waals surface area contributed by atoms with Gasteiger partial charge < -0.3 is 5.11 Å². The van der Waals surface area contributed by atoms with Crippen molar-refractivity contribution < 1.29 is 5.11 Å². The van der Waals surface area contributed by atoms with Crippen molar-refractivity contribution in [2.45, 2.75) is 105 Å². The lowest BCUT2D eigenvalue weighted by molar-refractivity contribution is -0.0773. The van der Waals surface area contributed by atoms with Crippen molar-refractivity contribution in [3.63, 3.8) is 0 Å². The fourth-order valence-electron chi connectivity index (χ4n) is 8.76. The lowest BCUT2D eigenvalue weighted by Gasteiger charge is -2.59. The van der Waals surface area contributed by atoms with E-state index in [1.165, 1.54) is 56.9 Å². The highest BCUT2D eigenvalue weighted by Gasteiger charge is 2.59. The SMILES string of the molecule is CC(C)=CCCC(C)C1CCC2C3=CCC4C(C)C(O)CCC4(C)C3CCC21C. The molecule has 3 saturated carbocycles. The molecular weight excluding hydrogens is 352 g/mol. The molecule has 0 bridgehead atoms. The van der Waals surface area contributed by atoms with Crippen LogP contribution in [0.3, 0.4) is 0 Å². The van der Waals surface area contributed by atoms with E-state index in [2.05, 4.69) is 53.7 Å². The zero-order chi connectivity index (χ0) is 21.0. The van der Waals surface area contributed by atoms with E-state index < -0.39 is 0 Å². The zero-order valence-electron chi connectivity index (χ0n) is 20.0. The summed E-state index contributed by atoms with van der Waals surface area (Å²) in [6.07, 6.45) is 16.8. The van der Waals surface area contributed by atoms with Crippen LogP contribution in [0, 0.1) is 46.3 Å². The molecule has 1 N–H and O–H groups in total. The van der Waals surface area contributed by atoms with Crippen molar-refractivity contribution in [3.05, 3.63) is 23.3 Å². The number of hydrogen-bond donors (Lipinski definition) is 1. The predicted molar refractivity (Wildman–Crippen MR) is 124 cm³/mol. The van der Waals surface area contributed by atoms with Crippen LogP contribution >= 0.6 is 0 Å². The van der Waals surface area contributed by atoms with Gasteiger partial charge in [0.05, 0.1) is 6.10 Å². The first kappa shape index (κ1) is 21.7. The monoisotopic (exact) mass is 398 g/mol. The summed E-state index contributed by atoms with van der Waals surface area (Å²) in [5.74, 6) is 4.51. The Kier molecular flexibility index (Phi) is 5.86. The maximum Gasteiger partial charge on any atom is 0.0568 e. The number of hydrogen-bond acceptors (Lipinski definition) is 1. The van der Waals surface area contributed by atoms with Crippen LogP contribution in [-0.4, -0.2) is 11.2 Å². The molecule has 0 aromatic carbocycles. The van der Waals surface area contributed by atoms with Crippen LogP contribution in [0.5, 0.6) is 0 Å². The van der Waals surface area contributed by atoms with E-state index in [-0.39, 0.29) is 6.10 Å². The highest BCUT2D eigenvalue weighted by molar-refractivity contribution is 5.28. The minimum absolute atomic E-state index is 0.0746.